The molecule has 0 amide bonds. The molecule has 0 spiro atoms. The number of hydrogen-bond donors (Lipinski definition) is 0. The van der Waals surface area contributed by atoms with Gasteiger partial charge in [-0.2, -0.15) is 0 Å². The van der Waals surface area contributed by atoms with Gasteiger partial charge in [0.15, 0.2) is 0 Å². The van der Waals surface area contributed by atoms with Gasteiger partial charge in [-0.25, -0.2) is 19.4 Å². The molecule has 4 nitrogen and oxygen atoms in total. The Morgan fingerprint density at radius 2 is 2.00 bits per heavy atom. The Kier molecular flexibility index (Phi) is 5.27. The number of carbonyl (C=O) groups is 2. The van der Waals surface area contributed by atoms with Crippen molar-refractivity contribution in [2.45, 2.75) is 20.3 Å². The minimum Gasteiger partial charge on any atom is -0.242 e. The van der Waals surface area contributed by atoms with Crippen LogP contribution in [-0.2, 0) is 19.4 Å². The van der Waals surface area contributed by atoms with Crippen LogP contribution in [0, 0.1) is 0 Å². The second-order valence-electron chi connectivity index (χ2n) is 2.27. The summed E-state index contributed by atoms with van der Waals surface area (Å²) in [6.45, 7) is 6.60. The van der Waals surface area contributed by atoms with E-state index >= 15 is 0 Å². The molecule has 0 aromatic carbocycles. The lowest BCUT2D eigenvalue weighted by Gasteiger charge is -1.99. The average Bonchev–Trinajstić information content (AvgIpc) is 2.13. The zero-order chi connectivity index (χ0) is 10.3. The molecular formula is C9H12O4. The van der Waals surface area contributed by atoms with Crippen molar-refractivity contribution in [1.29, 1.82) is 0 Å². The molecule has 0 saturated heterocycles. The van der Waals surface area contributed by atoms with Crippen LogP contribution in [0.5, 0.6) is 0 Å². The van der Waals surface area contributed by atoms with E-state index in [-0.39, 0.29) is 0 Å². The van der Waals surface area contributed by atoms with Crippen molar-refractivity contribution in [3.05, 3.63) is 24.3 Å². The van der Waals surface area contributed by atoms with Gasteiger partial charge in [-0.3, -0.25) is 0 Å². The van der Waals surface area contributed by atoms with Crippen molar-refractivity contribution in [1.82, 2.24) is 0 Å². The van der Waals surface area contributed by atoms with E-state index in [1.54, 1.807) is 13.0 Å². The van der Waals surface area contributed by atoms with Gasteiger partial charge in [-0.05, 0) is 13.3 Å². The van der Waals surface area contributed by atoms with E-state index in [1.165, 1.54) is 0 Å². The summed E-state index contributed by atoms with van der Waals surface area (Å²) in [4.78, 5) is 29.7. The Morgan fingerprint density at radius 3 is 2.46 bits per heavy atom. The zero-order valence-electron chi connectivity index (χ0n) is 7.70. The Bertz CT molecular complexity index is 240. The van der Waals surface area contributed by atoms with Crippen molar-refractivity contribution in [2.24, 2.45) is 0 Å². The summed E-state index contributed by atoms with van der Waals surface area (Å²) in [6, 6.07) is 0. The van der Waals surface area contributed by atoms with E-state index in [2.05, 4.69) is 16.4 Å². The Morgan fingerprint density at radius 1 is 1.38 bits per heavy atom. The van der Waals surface area contributed by atoms with Gasteiger partial charge in [-0.1, -0.05) is 19.6 Å². The van der Waals surface area contributed by atoms with Gasteiger partial charge in [0.2, 0.25) is 0 Å². The molecule has 0 aromatic heterocycles. The fourth-order valence-electron chi connectivity index (χ4n) is 0.568. The molecular weight excluding hydrogens is 172 g/mol. The first-order chi connectivity index (χ1) is 6.11. The quantitative estimate of drug-likeness (QED) is 0.379. The Labute approximate surface area is 76.8 Å². The molecule has 0 rings (SSSR count). The van der Waals surface area contributed by atoms with Crippen molar-refractivity contribution in [2.75, 3.05) is 0 Å². The summed E-state index contributed by atoms with van der Waals surface area (Å²) >= 11 is 0. The number of hydrogen-bond acceptors (Lipinski definition) is 4. The van der Waals surface area contributed by atoms with Crippen molar-refractivity contribution in [3.63, 3.8) is 0 Å². The van der Waals surface area contributed by atoms with Gasteiger partial charge < -0.3 is 0 Å². The van der Waals surface area contributed by atoms with Crippen LogP contribution < -0.4 is 0 Å². The fourth-order valence-corrected chi connectivity index (χ4v) is 0.568. The third kappa shape index (κ3) is 4.79. The standard InChI is InChI=1S/C9H12O4/c1-4-6-7(3)9(11)13-12-8(10)5-2/h5-6H,2,4H2,1,3H3/b7-6+. The lowest BCUT2D eigenvalue weighted by molar-refractivity contribution is -0.251. The zero-order valence-corrected chi connectivity index (χ0v) is 7.70. The van der Waals surface area contributed by atoms with E-state index in [0.29, 0.717) is 5.57 Å². The van der Waals surface area contributed by atoms with Gasteiger partial charge in [0.25, 0.3) is 0 Å². The molecule has 0 aromatic rings. The lowest BCUT2D eigenvalue weighted by Crippen LogP contribution is -2.10. The molecule has 0 aliphatic heterocycles. The van der Waals surface area contributed by atoms with Gasteiger partial charge in [0.05, 0.1) is 0 Å². The number of carbonyl (C=O) groups excluding carboxylic acids is 2. The normalized spacial score (nSPS) is 10.5. The largest absolute Gasteiger partial charge is 0.381 e. The minimum absolute atomic E-state index is 0.402. The van der Waals surface area contributed by atoms with Crippen LogP contribution >= 0.6 is 0 Å². The first-order valence-electron chi connectivity index (χ1n) is 3.83. The van der Waals surface area contributed by atoms with Crippen LogP contribution in [-0.4, -0.2) is 11.9 Å². The number of allylic oxidation sites excluding steroid dienone is 1. The maximum atomic E-state index is 11.0. The predicted octanol–water partition coefficient (Wildman–Crippen LogP) is 1.53. The summed E-state index contributed by atoms with van der Waals surface area (Å²) < 4.78 is 0. The van der Waals surface area contributed by atoms with E-state index in [0.717, 1.165) is 12.5 Å². The highest BCUT2D eigenvalue weighted by atomic mass is 17.2. The van der Waals surface area contributed by atoms with E-state index in [4.69, 9.17) is 0 Å². The van der Waals surface area contributed by atoms with Crippen LogP contribution in [0.15, 0.2) is 24.3 Å². The smallest absolute Gasteiger partial charge is 0.242 e. The highest BCUT2D eigenvalue weighted by molar-refractivity contribution is 5.88. The highest BCUT2D eigenvalue weighted by Gasteiger charge is 2.08. The molecule has 72 valence electrons. The van der Waals surface area contributed by atoms with Crippen LogP contribution in [0.25, 0.3) is 0 Å². The van der Waals surface area contributed by atoms with Crippen LogP contribution in [0.4, 0.5) is 0 Å². The summed E-state index contributed by atoms with van der Waals surface area (Å²) in [5.41, 5.74) is 0.402. The maximum absolute atomic E-state index is 11.0. The first-order valence-corrected chi connectivity index (χ1v) is 3.83. The summed E-state index contributed by atoms with van der Waals surface area (Å²) in [6.07, 6.45) is 3.30. The molecule has 0 bridgehead atoms. The molecule has 0 fully saturated rings. The second-order valence-corrected chi connectivity index (χ2v) is 2.27. The SMILES string of the molecule is C=CC(=O)OOC(=O)/C(C)=C/CC. The molecule has 0 heterocycles. The molecule has 0 atom stereocenters. The molecule has 4 heteroatoms. The van der Waals surface area contributed by atoms with E-state index in [1.807, 2.05) is 6.92 Å². The van der Waals surface area contributed by atoms with E-state index < -0.39 is 11.9 Å². The van der Waals surface area contributed by atoms with Gasteiger partial charge in [0.1, 0.15) is 0 Å². The van der Waals surface area contributed by atoms with Gasteiger partial charge >= 0.3 is 11.9 Å². The maximum Gasteiger partial charge on any atom is 0.381 e. The Balaban J connectivity index is 3.94. The third-order valence-corrected chi connectivity index (χ3v) is 1.20. The summed E-state index contributed by atoms with van der Waals surface area (Å²) in [5, 5.41) is 0. The molecule has 0 saturated carbocycles. The van der Waals surface area contributed by atoms with Crippen molar-refractivity contribution >= 4 is 11.9 Å². The second kappa shape index (κ2) is 5.99. The molecule has 0 unspecified atom stereocenters. The topological polar surface area (TPSA) is 52.6 Å². The lowest BCUT2D eigenvalue weighted by atomic mass is 10.2. The summed E-state index contributed by atoms with van der Waals surface area (Å²) in [7, 11) is 0. The predicted molar refractivity (Wildman–Crippen MR) is 46.4 cm³/mol. The molecule has 13 heavy (non-hydrogen) atoms. The first kappa shape index (κ1) is 11.4. The molecule has 0 radical (unpaired) electrons. The fraction of sp³-hybridized carbons (Fsp3) is 0.333. The van der Waals surface area contributed by atoms with E-state index in [9.17, 15) is 9.59 Å². The third-order valence-electron chi connectivity index (χ3n) is 1.20. The minimum atomic E-state index is -0.794. The molecule has 0 aliphatic carbocycles. The average molecular weight is 184 g/mol. The van der Waals surface area contributed by atoms with Crippen LogP contribution in [0.2, 0.25) is 0 Å². The molecule has 0 N–H and O–H groups in total. The summed E-state index contributed by atoms with van der Waals surface area (Å²) in [5.74, 6) is -1.46. The van der Waals surface area contributed by atoms with Gasteiger partial charge in [0, 0.05) is 11.6 Å². The molecule has 0 aliphatic rings. The number of rotatable bonds is 3. The Hall–Kier alpha value is -1.58. The van der Waals surface area contributed by atoms with Crippen LogP contribution in [0.3, 0.4) is 0 Å². The highest BCUT2D eigenvalue weighted by Crippen LogP contribution is 1.99. The van der Waals surface area contributed by atoms with Crippen LogP contribution in [0.1, 0.15) is 20.3 Å². The van der Waals surface area contributed by atoms with Crippen molar-refractivity contribution in [3.8, 4) is 0 Å². The van der Waals surface area contributed by atoms with Crippen molar-refractivity contribution < 1.29 is 19.4 Å². The van der Waals surface area contributed by atoms with Gasteiger partial charge in [-0.15, -0.1) is 0 Å². The monoisotopic (exact) mass is 184 g/mol.